The second-order valence-corrected chi connectivity index (χ2v) is 4.04. The predicted octanol–water partition coefficient (Wildman–Crippen LogP) is 1.91. The van der Waals surface area contributed by atoms with E-state index >= 15 is 0 Å². The number of rotatable bonds is 3. The number of aromatic carboxylic acids is 1. The van der Waals surface area contributed by atoms with Gasteiger partial charge in [0.15, 0.2) is 0 Å². The summed E-state index contributed by atoms with van der Waals surface area (Å²) in [4.78, 5) is 11.8. The molecule has 2 rings (SSSR count). The molecule has 0 unspecified atom stereocenters. The molecule has 2 aromatic heterocycles. The number of ether oxygens (including phenoxy) is 1. The van der Waals surface area contributed by atoms with Crippen molar-refractivity contribution in [3.8, 4) is 16.3 Å². The molecule has 0 aliphatic heterocycles. The molecule has 0 radical (unpaired) electrons. The molecule has 0 fully saturated rings. The molecule has 0 aliphatic rings. The Morgan fingerprint density at radius 3 is 2.94 bits per heavy atom. The lowest BCUT2D eigenvalue weighted by molar-refractivity contribution is 0.0702. The summed E-state index contributed by atoms with van der Waals surface area (Å²) in [6.45, 7) is 0. The summed E-state index contributed by atoms with van der Waals surface area (Å²) in [5, 5.41) is 16.3. The molecule has 0 bridgehead atoms. The molecular weight excluding hydrogens is 228 g/mol. The highest BCUT2D eigenvalue weighted by atomic mass is 32.1. The number of carboxylic acid groups (broad SMARTS) is 1. The van der Waals surface area contributed by atoms with Gasteiger partial charge in [-0.15, -0.1) is 16.4 Å². The van der Waals surface area contributed by atoms with Gasteiger partial charge in [0, 0.05) is 16.5 Å². The van der Waals surface area contributed by atoms with Gasteiger partial charge in [0.25, 0.3) is 0 Å². The summed E-state index contributed by atoms with van der Waals surface area (Å²) in [7, 11) is 1.50. The van der Waals surface area contributed by atoms with E-state index in [-0.39, 0.29) is 0 Å². The van der Waals surface area contributed by atoms with Crippen molar-refractivity contribution in [2.75, 3.05) is 7.11 Å². The quantitative estimate of drug-likeness (QED) is 0.881. The number of hydrogen-bond donors (Lipinski definition) is 1. The Bertz CT molecular complexity index is 524. The molecule has 5 nitrogen and oxygen atoms in total. The first-order valence-electron chi connectivity index (χ1n) is 4.41. The monoisotopic (exact) mass is 236 g/mol. The largest absolute Gasteiger partial charge is 0.480 e. The van der Waals surface area contributed by atoms with Gasteiger partial charge in [0.05, 0.1) is 13.3 Å². The van der Waals surface area contributed by atoms with Gasteiger partial charge in [-0.2, -0.15) is 5.10 Å². The van der Waals surface area contributed by atoms with Crippen LogP contribution in [0.1, 0.15) is 9.67 Å². The van der Waals surface area contributed by atoms with Crippen molar-refractivity contribution in [3.05, 3.63) is 29.3 Å². The molecule has 0 saturated carbocycles. The van der Waals surface area contributed by atoms with Crippen molar-refractivity contribution in [1.29, 1.82) is 0 Å². The molecule has 6 heteroatoms. The van der Waals surface area contributed by atoms with Crippen LogP contribution >= 0.6 is 11.3 Å². The number of nitrogens with zero attached hydrogens (tertiary/aromatic N) is 2. The van der Waals surface area contributed by atoms with E-state index in [1.807, 2.05) is 0 Å². The minimum atomic E-state index is -0.926. The van der Waals surface area contributed by atoms with Crippen molar-refractivity contribution < 1.29 is 14.6 Å². The van der Waals surface area contributed by atoms with Crippen LogP contribution in [0, 0.1) is 0 Å². The third kappa shape index (κ3) is 2.01. The molecule has 0 aliphatic carbocycles. The number of carbonyl (C=O) groups is 1. The molecule has 2 aromatic rings. The summed E-state index contributed by atoms with van der Waals surface area (Å²) in [5.41, 5.74) is 0.796. The van der Waals surface area contributed by atoms with Crippen LogP contribution in [0.2, 0.25) is 0 Å². The first-order chi connectivity index (χ1) is 7.70. The van der Waals surface area contributed by atoms with E-state index in [0.717, 1.165) is 10.4 Å². The van der Waals surface area contributed by atoms with Crippen LogP contribution in [-0.4, -0.2) is 28.4 Å². The van der Waals surface area contributed by atoms with Gasteiger partial charge < -0.3 is 9.84 Å². The standard InChI is InChI=1S/C10H8N2O3S/c1-15-9-4-6(5-11-12-9)7-2-3-8(16-7)10(13)14/h2-5H,1H3,(H,13,14). The average Bonchev–Trinajstić information content (AvgIpc) is 2.78. The molecular formula is C10H8N2O3S. The first-order valence-corrected chi connectivity index (χ1v) is 5.22. The molecule has 0 aromatic carbocycles. The van der Waals surface area contributed by atoms with Gasteiger partial charge in [-0.1, -0.05) is 0 Å². The van der Waals surface area contributed by atoms with Crippen molar-refractivity contribution in [2.45, 2.75) is 0 Å². The zero-order chi connectivity index (χ0) is 11.5. The molecule has 16 heavy (non-hydrogen) atoms. The maximum absolute atomic E-state index is 10.7. The molecule has 82 valence electrons. The summed E-state index contributed by atoms with van der Waals surface area (Å²) >= 11 is 1.19. The van der Waals surface area contributed by atoms with Gasteiger partial charge in [0.2, 0.25) is 5.88 Å². The third-order valence-corrected chi connectivity index (χ3v) is 3.06. The van der Waals surface area contributed by atoms with Crippen LogP contribution in [-0.2, 0) is 0 Å². The lowest BCUT2D eigenvalue weighted by Gasteiger charge is -1.99. The SMILES string of the molecule is COc1cc(-c2ccc(C(=O)O)s2)cnn1. The van der Waals surface area contributed by atoms with E-state index in [1.54, 1.807) is 24.4 Å². The summed E-state index contributed by atoms with van der Waals surface area (Å²) < 4.78 is 4.95. The van der Waals surface area contributed by atoms with Crippen LogP contribution < -0.4 is 4.74 Å². The fourth-order valence-corrected chi connectivity index (χ4v) is 2.02. The lowest BCUT2D eigenvalue weighted by Crippen LogP contribution is -1.90. The summed E-state index contributed by atoms with van der Waals surface area (Å²) in [5.74, 6) is -0.520. The van der Waals surface area contributed by atoms with Crippen LogP contribution in [0.25, 0.3) is 10.4 Å². The van der Waals surface area contributed by atoms with Crippen LogP contribution in [0.5, 0.6) is 5.88 Å². The molecule has 0 atom stereocenters. The maximum atomic E-state index is 10.7. The molecule has 0 amide bonds. The minimum Gasteiger partial charge on any atom is -0.480 e. The second-order valence-electron chi connectivity index (χ2n) is 2.96. The summed E-state index contributed by atoms with van der Waals surface area (Å²) in [6, 6.07) is 5.02. The predicted molar refractivity (Wildman–Crippen MR) is 58.9 cm³/mol. The lowest BCUT2D eigenvalue weighted by atomic mass is 10.2. The Balaban J connectivity index is 2.38. The van der Waals surface area contributed by atoms with Gasteiger partial charge in [-0.05, 0) is 12.1 Å². The van der Waals surface area contributed by atoms with E-state index < -0.39 is 5.97 Å². The van der Waals surface area contributed by atoms with Gasteiger partial charge >= 0.3 is 5.97 Å². The molecule has 0 saturated heterocycles. The number of methoxy groups -OCH3 is 1. The highest BCUT2D eigenvalue weighted by Gasteiger charge is 2.09. The van der Waals surface area contributed by atoms with Crippen molar-refractivity contribution >= 4 is 17.3 Å². The number of thiophene rings is 1. The molecule has 0 spiro atoms. The minimum absolute atomic E-state index is 0.297. The van der Waals surface area contributed by atoms with E-state index in [4.69, 9.17) is 9.84 Å². The van der Waals surface area contributed by atoms with Crippen LogP contribution in [0.4, 0.5) is 0 Å². The number of carboxylic acids is 1. The van der Waals surface area contributed by atoms with Crippen LogP contribution in [0.15, 0.2) is 24.4 Å². The molecule has 2 heterocycles. The third-order valence-electron chi connectivity index (χ3n) is 1.94. The van der Waals surface area contributed by atoms with E-state index in [1.165, 1.54) is 18.4 Å². The Hall–Kier alpha value is -1.95. The smallest absolute Gasteiger partial charge is 0.345 e. The zero-order valence-electron chi connectivity index (χ0n) is 8.38. The van der Waals surface area contributed by atoms with Crippen molar-refractivity contribution in [3.63, 3.8) is 0 Å². The van der Waals surface area contributed by atoms with E-state index in [0.29, 0.717) is 10.8 Å². The number of aromatic nitrogens is 2. The number of hydrogen-bond acceptors (Lipinski definition) is 5. The van der Waals surface area contributed by atoms with Crippen molar-refractivity contribution in [2.24, 2.45) is 0 Å². The second kappa shape index (κ2) is 4.28. The van der Waals surface area contributed by atoms with Crippen molar-refractivity contribution in [1.82, 2.24) is 10.2 Å². The Morgan fingerprint density at radius 2 is 2.31 bits per heavy atom. The van der Waals surface area contributed by atoms with Gasteiger partial charge in [0.1, 0.15) is 4.88 Å². The Labute approximate surface area is 95.3 Å². The normalized spacial score (nSPS) is 10.1. The fourth-order valence-electron chi connectivity index (χ4n) is 1.19. The van der Waals surface area contributed by atoms with E-state index in [2.05, 4.69) is 10.2 Å². The van der Waals surface area contributed by atoms with E-state index in [9.17, 15) is 4.79 Å². The van der Waals surface area contributed by atoms with Crippen LogP contribution in [0.3, 0.4) is 0 Å². The zero-order valence-corrected chi connectivity index (χ0v) is 9.19. The average molecular weight is 236 g/mol. The first kappa shape index (κ1) is 10.6. The maximum Gasteiger partial charge on any atom is 0.345 e. The Kier molecular flexibility index (Phi) is 2.82. The van der Waals surface area contributed by atoms with Gasteiger partial charge in [-0.3, -0.25) is 0 Å². The summed E-state index contributed by atoms with van der Waals surface area (Å²) in [6.07, 6.45) is 1.57. The highest BCUT2D eigenvalue weighted by Crippen LogP contribution is 2.28. The van der Waals surface area contributed by atoms with Gasteiger partial charge in [-0.25, -0.2) is 4.79 Å². The topological polar surface area (TPSA) is 72.3 Å². The fraction of sp³-hybridized carbons (Fsp3) is 0.100. The molecule has 1 N–H and O–H groups in total. The Morgan fingerprint density at radius 1 is 1.50 bits per heavy atom. The highest BCUT2D eigenvalue weighted by molar-refractivity contribution is 7.17.